The Labute approximate surface area is 148 Å². The van der Waals surface area contributed by atoms with Gasteiger partial charge in [-0.2, -0.15) is 0 Å². The van der Waals surface area contributed by atoms with Crippen LogP contribution in [0.4, 0.5) is 5.82 Å². The minimum Gasteiger partial charge on any atom is -0.379 e. The molecule has 1 saturated heterocycles. The van der Waals surface area contributed by atoms with Crippen LogP contribution in [0.3, 0.4) is 0 Å². The van der Waals surface area contributed by atoms with Gasteiger partial charge >= 0.3 is 0 Å². The highest BCUT2D eigenvalue weighted by molar-refractivity contribution is 5.92. The van der Waals surface area contributed by atoms with Gasteiger partial charge < -0.3 is 15.4 Å². The fraction of sp³-hybridized carbons (Fsp3) is 0.368. The highest BCUT2D eigenvalue weighted by Crippen LogP contribution is 2.15. The number of pyridine rings is 1. The molecule has 132 valence electrons. The van der Waals surface area contributed by atoms with Crippen LogP contribution in [-0.4, -0.2) is 49.1 Å². The van der Waals surface area contributed by atoms with Gasteiger partial charge in [-0.1, -0.05) is 30.3 Å². The predicted molar refractivity (Wildman–Crippen MR) is 97.5 cm³/mol. The Balaban J connectivity index is 1.66. The van der Waals surface area contributed by atoms with Gasteiger partial charge in [-0.05, 0) is 23.3 Å². The number of benzene rings is 1. The number of hydrogen-bond donors (Lipinski definition) is 2. The van der Waals surface area contributed by atoms with Crippen molar-refractivity contribution >= 4 is 11.7 Å². The maximum atomic E-state index is 11.7. The first-order valence-electron chi connectivity index (χ1n) is 8.56. The minimum absolute atomic E-state index is 0.184. The van der Waals surface area contributed by atoms with E-state index in [9.17, 15) is 4.79 Å². The van der Waals surface area contributed by atoms with Crippen molar-refractivity contribution in [1.82, 2.24) is 15.2 Å². The van der Waals surface area contributed by atoms with Crippen molar-refractivity contribution < 1.29 is 9.53 Å². The third-order valence-electron chi connectivity index (χ3n) is 4.28. The Bertz CT molecular complexity index is 714. The number of ether oxygens (including phenoxy) is 1. The predicted octanol–water partition coefficient (Wildman–Crippen LogP) is 1.89. The standard InChI is InChI=1S/C19H24N4O2/c1-20-19(24)17-7-4-8-18(22-17)21-13-15-5-2-3-6-16(15)14-23-9-11-25-12-10-23/h2-8H,9-14H2,1H3,(H,20,24)(H,21,22). The normalized spacial score (nSPS) is 14.9. The molecule has 1 aromatic carbocycles. The maximum absolute atomic E-state index is 11.7. The van der Waals surface area contributed by atoms with Crippen molar-refractivity contribution in [3.8, 4) is 0 Å². The number of amides is 1. The van der Waals surface area contributed by atoms with E-state index in [2.05, 4.69) is 38.7 Å². The van der Waals surface area contributed by atoms with Gasteiger partial charge in [-0.15, -0.1) is 0 Å². The zero-order chi connectivity index (χ0) is 17.5. The number of morpholine rings is 1. The smallest absolute Gasteiger partial charge is 0.269 e. The quantitative estimate of drug-likeness (QED) is 0.841. The van der Waals surface area contributed by atoms with E-state index in [0.717, 1.165) is 32.8 Å². The van der Waals surface area contributed by atoms with E-state index in [1.807, 2.05) is 18.2 Å². The molecular formula is C19H24N4O2. The van der Waals surface area contributed by atoms with Crippen molar-refractivity contribution in [3.05, 3.63) is 59.3 Å². The summed E-state index contributed by atoms with van der Waals surface area (Å²) in [5.74, 6) is 0.513. The van der Waals surface area contributed by atoms with Crippen molar-refractivity contribution in [2.45, 2.75) is 13.1 Å². The largest absolute Gasteiger partial charge is 0.379 e. The van der Waals surface area contributed by atoms with Crippen LogP contribution in [0.25, 0.3) is 0 Å². The Hall–Kier alpha value is -2.44. The lowest BCUT2D eigenvalue weighted by Gasteiger charge is -2.27. The van der Waals surface area contributed by atoms with E-state index in [1.54, 1.807) is 13.1 Å². The average Bonchev–Trinajstić information content (AvgIpc) is 2.68. The first-order valence-corrected chi connectivity index (χ1v) is 8.56. The van der Waals surface area contributed by atoms with Gasteiger partial charge in [0.2, 0.25) is 0 Å². The zero-order valence-electron chi connectivity index (χ0n) is 14.5. The van der Waals surface area contributed by atoms with Crippen molar-refractivity contribution in [1.29, 1.82) is 0 Å². The van der Waals surface area contributed by atoms with Crippen LogP contribution in [0, 0.1) is 0 Å². The lowest BCUT2D eigenvalue weighted by molar-refractivity contribution is 0.0341. The number of hydrogen-bond acceptors (Lipinski definition) is 5. The molecule has 1 aliphatic heterocycles. The van der Waals surface area contributed by atoms with Gasteiger partial charge in [0.15, 0.2) is 0 Å². The van der Waals surface area contributed by atoms with Crippen molar-refractivity contribution in [2.75, 3.05) is 38.7 Å². The van der Waals surface area contributed by atoms with Gasteiger partial charge in [-0.25, -0.2) is 4.98 Å². The molecule has 6 nitrogen and oxygen atoms in total. The lowest BCUT2D eigenvalue weighted by atomic mass is 10.1. The topological polar surface area (TPSA) is 66.5 Å². The molecular weight excluding hydrogens is 316 g/mol. The Kier molecular flexibility index (Phi) is 5.98. The Morgan fingerprint density at radius 1 is 1.12 bits per heavy atom. The molecule has 1 amide bonds. The van der Waals surface area contributed by atoms with Crippen LogP contribution in [0.15, 0.2) is 42.5 Å². The summed E-state index contributed by atoms with van der Waals surface area (Å²) in [6, 6.07) is 13.8. The third-order valence-corrected chi connectivity index (χ3v) is 4.28. The second kappa shape index (κ2) is 8.60. The summed E-state index contributed by atoms with van der Waals surface area (Å²) in [7, 11) is 1.60. The minimum atomic E-state index is -0.184. The van der Waals surface area contributed by atoms with Crippen LogP contribution in [0.1, 0.15) is 21.6 Å². The van der Waals surface area contributed by atoms with Gasteiger partial charge in [-0.3, -0.25) is 9.69 Å². The molecule has 1 aliphatic rings. The summed E-state index contributed by atoms with van der Waals surface area (Å²) in [4.78, 5) is 18.5. The van der Waals surface area contributed by atoms with Gasteiger partial charge in [0.05, 0.1) is 13.2 Å². The van der Waals surface area contributed by atoms with E-state index in [4.69, 9.17) is 4.74 Å². The van der Waals surface area contributed by atoms with Crippen molar-refractivity contribution in [2.24, 2.45) is 0 Å². The number of nitrogens with one attached hydrogen (secondary N) is 2. The molecule has 0 radical (unpaired) electrons. The Morgan fingerprint density at radius 3 is 2.64 bits per heavy atom. The van der Waals surface area contributed by atoms with E-state index in [-0.39, 0.29) is 5.91 Å². The number of nitrogens with zero attached hydrogens (tertiary/aromatic N) is 2. The molecule has 2 N–H and O–H groups in total. The third kappa shape index (κ3) is 4.78. The SMILES string of the molecule is CNC(=O)c1cccc(NCc2ccccc2CN2CCOCC2)n1. The highest BCUT2D eigenvalue weighted by Gasteiger charge is 2.13. The van der Waals surface area contributed by atoms with Gasteiger partial charge in [0, 0.05) is 33.2 Å². The molecule has 1 aromatic heterocycles. The monoisotopic (exact) mass is 340 g/mol. The first-order chi connectivity index (χ1) is 12.3. The number of anilines is 1. The fourth-order valence-corrected chi connectivity index (χ4v) is 2.86. The summed E-state index contributed by atoms with van der Waals surface area (Å²) < 4.78 is 5.42. The summed E-state index contributed by atoms with van der Waals surface area (Å²) in [6.07, 6.45) is 0. The van der Waals surface area contributed by atoms with Gasteiger partial charge in [0.25, 0.3) is 5.91 Å². The van der Waals surface area contributed by atoms with E-state index in [0.29, 0.717) is 18.1 Å². The maximum Gasteiger partial charge on any atom is 0.269 e. The summed E-state index contributed by atoms with van der Waals surface area (Å²) in [5, 5.41) is 5.92. The highest BCUT2D eigenvalue weighted by atomic mass is 16.5. The molecule has 0 aliphatic carbocycles. The molecule has 25 heavy (non-hydrogen) atoms. The summed E-state index contributed by atoms with van der Waals surface area (Å²) >= 11 is 0. The lowest BCUT2D eigenvalue weighted by Crippen LogP contribution is -2.35. The average molecular weight is 340 g/mol. The Morgan fingerprint density at radius 2 is 1.88 bits per heavy atom. The van der Waals surface area contributed by atoms with E-state index in [1.165, 1.54) is 11.1 Å². The number of rotatable bonds is 6. The molecule has 0 bridgehead atoms. The molecule has 2 heterocycles. The first kappa shape index (κ1) is 17.4. The molecule has 3 rings (SSSR count). The molecule has 0 atom stereocenters. The second-order valence-corrected chi connectivity index (χ2v) is 6.00. The molecule has 0 unspecified atom stereocenters. The fourth-order valence-electron chi connectivity index (χ4n) is 2.86. The molecule has 2 aromatic rings. The van der Waals surface area contributed by atoms with Gasteiger partial charge in [0.1, 0.15) is 11.5 Å². The van der Waals surface area contributed by atoms with E-state index < -0.39 is 0 Å². The molecule has 1 fully saturated rings. The zero-order valence-corrected chi connectivity index (χ0v) is 14.5. The molecule has 0 spiro atoms. The van der Waals surface area contributed by atoms with Crippen molar-refractivity contribution in [3.63, 3.8) is 0 Å². The van der Waals surface area contributed by atoms with Crippen LogP contribution < -0.4 is 10.6 Å². The van der Waals surface area contributed by atoms with Crippen LogP contribution in [-0.2, 0) is 17.8 Å². The summed E-state index contributed by atoms with van der Waals surface area (Å²) in [6.45, 7) is 5.14. The van der Waals surface area contributed by atoms with E-state index >= 15 is 0 Å². The number of carbonyl (C=O) groups is 1. The second-order valence-electron chi connectivity index (χ2n) is 6.00. The number of carbonyl (C=O) groups excluding carboxylic acids is 1. The molecule has 0 saturated carbocycles. The summed E-state index contributed by atoms with van der Waals surface area (Å²) in [5.41, 5.74) is 2.95. The molecule has 6 heteroatoms. The van der Waals surface area contributed by atoms with Crippen LogP contribution >= 0.6 is 0 Å². The van der Waals surface area contributed by atoms with Crippen LogP contribution in [0.2, 0.25) is 0 Å². The van der Waals surface area contributed by atoms with Crippen LogP contribution in [0.5, 0.6) is 0 Å². The number of aromatic nitrogens is 1.